The Balaban J connectivity index is 1.53. The van der Waals surface area contributed by atoms with Gasteiger partial charge in [0.15, 0.2) is 5.96 Å². The summed E-state index contributed by atoms with van der Waals surface area (Å²) in [6.45, 7) is 8.20. The van der Waals surface area contributed by atoms with Gasteiger partial charge in [0, 0.05) is 25.6 Å². The third-order valence-electron chi connectivity index (χ3n) is 5.14. The molecule has 0 radical (unpaired) electrons. The highest BCUT2D eigenvalue weighted by Crippen LogP contribution is 2.19. The summed E-state index contributed by atoms with van der Waals surface area (Å²) >= 11 is 0. The van der Waals surface area contributed by atoms with Crippen molar-refractivity contribution in [1.82, 2.24) is 10.2 Å². The van der Waals surface area contributed by atoms with Crippen molar-refractivity contribution >= 4 is 11.9 Å². The zero-order chi connectivity index (χ0) is 21.3. The predicted octanol–water partition coefficient (Wildman–Crippen LogP) is 3.38. The van der Waals surface area contributed by atoms with Crippen molar-refractivity contribution in [2.75, 3.05) is 33.4 Å². The molecule has 1 aliphatic rings. The Hall–Kier alpha value is -2.80. The van der Waals surface area contributed by atoms with Gasteiger partial charge in [-0.1, -0.05) is 30.3 Å². The van der Waals surface area contributed by atoms with E-state index in [-0.39, 0.29) is 0 Å². The van der Waals surface area contributed by atoms with Crippen molar-refractivity contribution in [3.8, 4) is 0 Å². The Kier molecular flexibility index (Phi) is 7.90. The van der Waals surface area contributed by atoms with Crippen LogP contribution in [0.5, 0.6) is 0 Å². The number of ether oxygens (including phenoxy) is 2. The SMILES string of the molecule is CCNC(=NCc1cc(C(=O)OC)c(C)o1)N1CCC(COCc2ccccc2)C1. The number of benzene rings is 1. The molecule has 0 amide bonds. The molecule has 162 valence electrons. The van der Waals surface area contributed by atoms with Gasteiger partial charge in [0.25, 0.3) is 0 Å². The Labute approximate surface area is 178 Å². The maximum absolute atomic E-state index is 11.8. The monoisotopic (exact) mass is 413 g/mol. The number of aliphatic imine (C=N–C) groups is 1. The number of likely N-dealkylation sites (tertiary alicyclic amines) is 1. The lowest BCUT2D eigenvalue weighted by molar-refractivity contribution is 0.0599. The minimum Gasteiger partial charge on any atom is -0.465 e. The Morgan fingerprint density at radius 1 is 1.33 bits per heavy atom. The van der Waals surface area contributed by atoms with Crippen LogP contribution in [0.4, 0.5) is 0 Å². The number of nitrogens with zero attached hydrogens (tertiary/aromatic N) is 2. The van der Waals surface area contributed by atoms with Gasteiger partial charge >= 0.3 is 5.97 Å². The standard InChI is InChI=1S/C23H31N3O4/c1-4-24-23(25-13-20-12-21(17(2)30-20)22(27)28-3)26-11-10-19(14-26)16-29-15-18-8-6-5-7-9-18/h5-9,12,19H,4,10-11,13-16H2,1-3H3,(H,24,25). The molecule has 0 saturated carbocycles. The van der Waals surface area contributed by atoms with Crippen LogP contribution in [0.15, 0.2) is 45.8 Å². The van der Waals surface area contributed by atoms with Gasteiger partial charge in [0.2, 0.25) is 0 Å². The maximum atomic E-state index is 11.8. The Morgan fingerprint density at radius 3 is 2.87 bits per heavy atom. The molecule has 1 aromatic carbocycles. The lowest BCUT2D eigenvalue weighted by Gasteiger charge is -2.21. The van der Waals surface area contributed by atoms with Crippen LogP contribution in [0.2, 0.25) is 0 Å². The van der Waals surface area contributed by atoms with Gasteiger partial charge in [-0.25, -0.2) is 9.79 Å². The second kappa shape index (κ2) is 10.8. The average molecular weight is 414 g/mol. The molecule has 7 nitrogen and oxygen atoms in total. The van der Waals surface area contributed by atoms with Crippen LogP contribution in [-0.2, 0) is 22.6 Å². The van der Waals surface area contributed by atoms with Gasteiger partial charge in [0.05, 0.1) is 20.3 Å². The van der Waals surface area contributed by atoms with Crippen molar-refractivity contribution < 1.29 is 18.7 Å². The molecule has 1 saturated heterocycles. The van der Waals surface area contributed by atoms with Gasteiger partial charge in [0.1, 0.15) is 23.6 Å². The average Bonchev–Trinajstić information content (AvgIpc) is 3.38. The van der Waals surface area contributed by atoms with E-state index in [9.17, 15) is 4.79 Å². The molecular formula is C23H31N3O4. The number of hydrogen-bond donors (Lipinski definition) is 1. The molecule has 30 heavy (non-hydrogen) atoms. The molecule has 1 N–H and O–H groups in total. The first-order valence-corrected chi connectivity index (χ1v) is 10.4. The van der Waals surface area contributed by atoms with E-state index in [1.165, 1.54) is 12.7 Å². The molecule has 1 fully saturated rings. The molecule has 0 spiro atoms. The minimum absolute atomic E-state index is 0.367. The number of rotatable bonds is 8. The number of nitrogens with one attached hydrogen (secondary N) is 1. The summed E-state index contributed by atoms with van der Waals surface area (Å²) in [6, 6.07) is 11.9. The second-order valence-corrected chi connectivity index (χ2v) is 7.45. The Morgan fingerprint density at radius 2 is 2.13 bits per heavy atom. The topological polar surface area (TPSA) is 76.3 Å². The van der Waals surface area contributed by atoms with E-state index in [0.717, 1.165) is 38.6 Å². The predicted molar refractivity (Wildman–Crippen MR) is 115 cm³/mol. The van der Waals surface area contributed by atoms with E-state index in [2.05, 4.69) is 29.3 Å². The number of methoxy groups -OCH3 is 1. The van der Waals surface area contributed by atoms with Crippen LogP contribution in [0.1, 0.15) is 40.8 Å². The van der Waals surface area contributed by atoms with Crippen LogP contribution in [-0.4, -0.2) is 50.2 Å². The highest BCUT2D eigenvalue weighted by molar-refractivity contribution is 5.90. The van der Waals surface area contributed by atoms with Crippen LogP contribution < -0.4 is 5.32 Å². The number of hydrogen-bond acceptors (Lipinski definition) is 5. The number of carbonyl (C=O) groups excluding carboxylic acids is 1. The number of guanidine groups is 1. The summed E-state index contributed by atoms with van der Waals surface area (Å²) in [6.07, 6.45) is 1.07. The molecule has 1 atom stereocenters. The molecule has 7 heteroatoms. The fourth-order valence-corrected chi connectivity index (χ4v) is 3.59. The van der Waals surface area contributed by atoms with Crippen LogP contribution in [0.25, 0.3) is 0 Å². The summed E-state index contributed by atoms with van der Waals surface area (Å²) in [4.78, 5) is 18.7. The zero-order valence-electron chi connectivity index (χ0n) is 18.0. The second-order valence-electron chi connectivity index (χ2n) is 7.45. The van der Waals surface area contributed by atoms with Crippen molar-refractivity contribution in [3.63, 3.8) is 0 Å². The largest absolute Gasteiger partial charge is 0.465 e. The van der Waals surface area contributed by atoms with E-state index in [0.29, 0.717) is 36.2 Å². The van der Waals surface area contributed by atoms with Gasteiger partial charge < -0.3 is 24.1 Å². The van der Waals surface area contributed by atoms with E-state index >= 15 is 0 Å². The quantitative estimate of drug-likeness (QED) is 0.406. The van der Waals surface area contributed by atoms with E-state index in [1.807, 2.05) is 18.2 Å². The molecule has 1 aliphatic heterocycles. The first kappa shape index (κ1) is 21.9. The first-order valence-electron chi connectivity index (χ1n) is 10.4. The summed E-state index contributed by atoms with van der Waals surface area (Å²) in [5.41, 5.74) is 1.65. The van der Waals surface area contributed by atoms with Gasteiger partial charge in [-0.05, 0) is 31.9 Å². The third-order valence-corrected chi connectivity index (χ3v) is 5.14. The normalized spacial score (nSPS) is 16.7. The highest BCUT2D eigenvalue weighted by atomic mass is 16.5. The number of carbonyl (C=O) groups is 1. The molecular weight excluding hydrogens is 382 g/mol. The van der Waals surface area contributed by atoms with E-state index < -0.39 is 5.97 Å². The molecule has 1 aromatic heterocycles. The Bertz CT molecular complexity index is 847. The van der Waals surface area contributed by atoms with Crippen molar-refractivity contribution in [3.05, 3.63) is 59.0 Å². The number of esters is 1. The summed E-state index contributed by atoms with van der Waals surface area (Å²) in [5, 5.41) is 3.35. The molecule has 3 rings (SSSR count). The smallest absolute Gasteiger partial charge is 0.341 e. The summed E-state index contributed by atoms with van der Waals surface area (Å²) < 4.78 is 16.4. The van der Waals surface area contributed by atoms with Crippen molar-refractivity contribution in [1.29, 1.82) is 0 Å². The number of furan rings is 1. The molecule has 0 aliphatic carbocycles. The van der Waals surface area contributed by atoms with E-state index in [4.69, 9.17) is 18.9 Å². The molecule has 1 unspecified atom stereocenters. The van der Waals surface area contributed by atoms with Crippen LogP contribution in [0, 0.1) is 12.8 Å². The van der Waals surface area contributed by atoms with Gasteiger partial charge in [-0.2, -0.15) is 0 Å². The molecule has 2 heterocycles. The van der Waals surface area contributed by atoms with Gasteiger partial charge in [-0.3, -0.25) is 0 Å². The van der Waals surface area contributed by atoms with Crippen LogP contribution in [0.3, 0.4) is 0 Å². The molecule has 0 bridgehead atoms. The first-order chi connectivity index (χ1) is 14.6. The zero-order valence-corrected chi connectivity index (χ0v) is 18.0. The fraction of sp³-hybridized carbons (Fsp3) is 0.478. The van der Waals surface area contributed by atoms with Crippen LogP contribution >= 0.6 is 0 Å². The van der Waals surface area contributed by atoms with Crippen molar-refractivity contribution in [2.24, 2.45) is 10.9 Å². The third kappa shape index (κ3) is 5.86. The number of aryl methyl sites for hydroxylation is 1. The summed E-state index contributed by atoms with van der Waals surface area (Å²) in [5.74, 6) is 2.14. The minimum atomic E-state index is -0.392. The highest BCUT2D eigenvalue weighted by Gasteiger charge is 2.25. The van der Waals surface area contributed by atoms with Crippen molar-refractivity contribution in [2.45, 2.75) is 33.4 Å². The molecule has 2 aromatic rings. The lowest BCUT2D eigenvalue weighted by Crippen LogP contribution is -2.40. The lowest BCUT2D eigenvalue weighted by atomic mass is 10.1. The fourth-order valence-electron chi connectivity index (χ4n) is 3.59. The van der Waals surface area contributed by atoms with Gasteiger partial charge in [-0.15, -0.1) is 0 Å². The summed E-state index contributed by atoms with van der Waals surface area (Å²) in [7, 11) is 1.36. The maximum Gasteiger partial charge on any atom is 0.341 e. The van der Waals surface area contributed by atoms with E-state index in [1.54, 1.807) is 13.0 Å².